The predicted molar refractivity (Wildman–Crippen MR) is 67.3 cm³/mol. The van der Waals surface area contributed by atoms with Crippen LogP contribution in [0, 0.1) is 0 Å². The van der Waals surface area contributed by atoms with Gasteiger partial charge < -0.3 is 4.74 Å². The van der Waals surface area contributed by atoms with E-state index in [4.69, 9.17) is 16.3 Å². The Hall–Kier alpha value is -1.69. The molecule has 0 amide bonds. The fourth-order valence-corrected chi connectivity index (χ4v) is 1.82. The lowest BCUT2D eigenvalue weighted by molar-refractivity contribution is 0.406. The molecule has 0 spiro atoms. The van der Waals surface area contributed by atoms with Gasteiger partial charge in [-0.3, -0.25) is 0 Å². The zero-order chi connectivity index (χ0) is 13.1. The summed E-state index contributed by atoms with van der Waals surface area (Å²) < 4.78 is 6.89. The summed E-state index contributed by atoms with van der Waals surface area (Å²) in [5.74, 6) is 2.51. The second kappa shape index (κ2) is 5.30. The summed E-state index contributed by atoms with van der Waals surface area (Å²) in [6, 6.07) is 0. The first-order valence-corrected chi connectivity index (χ1v) is 6.08. The van der Waals surface area contributed by atoms with Crippen LogP contribution in [0.15, 0.2) is 6.33 Å². The number of rotatable bonds is 4. The van der Waals surface area contributed by atoms with Crippen molar-refractivity contribution in [3.8, 4) is 11.6 Å². The minimum absolute atomic E-state index is 0.262. The van der Waals surface area contributed by atoms with Crippen LogP contribution in [0.2, 0.25) is 5.15 Å². The van der Waals surface area contributed by atoms with Gasteiger partial charge in [-0.05, 0) is 0 Å². The number of ether oxygens (including phenoxy) is 1. The first-order valence-electron chi connectivity index (χ1n) is 5.70. The van der Waals surface area contributed by atoms with Gasteiger partial charge in [0, 0.05) is 12.8 Å². The van der Waals surface area contributed by atoms with Crippen molar-refractivity contribution in [2.24, 2.45) is 0 Å². The standard InChI is InChI=1S/C11H14ClN5O/c1-4-7-15-8(5-2)17(16-7)11-9(18-3)10(12)13-6-14-11/h6H,4-5H2,1-3H3. The van der Waals surface area contributed by atoms with Crippen LogP contribution in [0.1, 0.15) is 25.5 Å². The second-order valence-corrected chi connectivity index (χ2v) is 3.94. The van der Waals surface area contributed by atoms with Gasteiger partial charge >= 0.3 is 0 Å². The van der Waals surface area contributed by atoms with E-state index in [0.29, 0.717) is 11.6 Å². The molecule has 7 heteroatoms. The molecule has 0 aromatic carbocycles. The fourth-order valence-electron chi connectivity index (χ4n) is 1.61. The summed E-state index contributed by atoms with van der Waals surface area (Å²) in [5.41, 5.74) is 0. The zero-order valence-corrected chi connectivity index (χ0v) is 11.3. The lowest BCUT2D eigenvalue weighted by Crippen LogP contribution is -2.07. The van der Waals surface area contributed by atoms with Crippen molar-refractivity contribution >= 4 is 11.6 Å². The lowest BCUT2D eigenvalue weighted by atomic mass is 10.4. The van der Waals surface area contributed by atoms with Crippen LogP contribution in [0.5, 0.6) is 5.75 Å². The van der Waals surface area contributed by atoms with Crippen molar-refractivity contribution in [1.29, 1.82) is 0 Å². The molecule has 0 aliphatic carbocycles. The summed E-state index contributed by atoms with van der Waals surface area (Å²) >= 11 is 5.98. The maximum Gasteiger partial charge on any atom is 0.202 e. The molecule has 0 saturated heterocycles. The number of hydrogen-bond acceptors (Lipinski definition) is 5. The molecule has 96 valence electrons. The van der Waals surface area contributed by atoms with Crippen molar-refractivity contribution in [3.63, 3.8) is 0 Å². The molecule has 2 aromatic rings. The van der Waals surface area contributed by atoms with Crippen LogP contribution in [0.3, 0.4) is 0 Å². The average Bonchev–Trinajstić information content (AvgIpc) is 2.81. The molecule has 2 rings (SSSR count). The SMILES string of the molecule is CCc1nc(CC)n(-c2ncnc(Cl)c2OC)n1. The molecule has 0 unspecified atom stereocenters. The van der Waals surface area contributed by atoms with E-state index in [1.165, 1.54) is 13.4 Å². The van der Waals surface area contributed by atoms with E-state index in [9.17, 15) is 0 Å². The Bertz CT molecular complexity index is 554. The van der Waals surface area contributed by atoms with Crippen LogP contribution in [-0.2, 0) is 12.8 Å². The molecule has 0 bridgehead atoms. The van der Waals surface area contributed by atoms with Crippen molar-refractivity contribution in [1.82, 2.24) is 24.7 Å². The van der Waals surface area contributed by atoms with Gasteiger partial charge in [0.2, 0.25) is 11.6 Å². The van der Waals surface area contributed by atoms with Crippen molar-refractivity contribution < 1.29 is 4.74 Å². The molecule has 0 radical (unpaired) electrons. The number of nitrogens with zero attached hydrogens (tertiary/aromatic N) is 5. The Balaban J connectivity index is 2.60. The van der Waals surface area contributed by atoms with E-state index < -0.39 is 0 Å². The number of hydrogen-bond donors (Lipinski definition) is 0. The summed E-state index contributed by atoms with van der Waals surface area (Å²) in [6.07, 6.45) is 2.89. The van der Waals surface area contributed by atoms with Crippen LogP contribution in [0.4, 0.5) is 0 Å². The monoisotopic (exact) mass is 267 g/mol. The zero-order valence-electron chi connectivity index (χ0n) is 10.5. The Labute approximate surface area is 110 Å². The van der Waals surface area contributed by atoms with Crippen molar-refractivity contribution in [2.75, 3.05) is 7.11 Å². The van der Waals surface area contributed by atoms with E-state index in [2.05, 4.69) is 20.1 Å². The third-order valence-electron chi connectivity index (χ3n) is 2.50. The van der Waals surface area contributed by atoms with E-state index in [1.54, 1.807) is 4.68 Å². The van der Waals surface area contributed by atoms with Gasteiger partial charge in [-0.25, -0.2) is 15.0 Å². The van der Waals surface area contributed by atoms with Crippen LogP contribution in [-0.4, -0.2) is 31.8 Å². The van der Waals surface area contributed by atoms with Gasteiger partial charge in [0.25, 0.3) is 0 Å². The van der Waals surface area contributed by atoms with Gasteiger partial charge in [0.05, 0.1) is 7.11 Å². The quantitative estimate of drug-likeness (QED) is 0.791. The molecule has 6 nitrogen and oxygen atoms in total. The van der Waals surface area contributed by atoms with Gasteiger partial charge in [-0.2, -0.15) is 4.68 Å². The molecule has 18 heavy (non-hydrogen) atoms. The summed E-state index contributed by atoms with van der Waals surface area (Å²) in [6.45, 7) is 4.01. The molecule has 0 fully saturated rings. The first kappa shape index (κ1) is 12.8. The van der Waals surface area contributed by atoms with Gasteiger partial charge in [-0.1, -0.05) is 25.4 Å². The Morgan fingerprint density at radius 2 is 2.06 bits per heavy atom. The Morgan fingerprint density at radius 3 is 2.67 bits per heavy atom. The normalized spacial score (nSPS) is 10.7. The summed E-state index contributed by atoms with van der Waals surface area (Å²) in [7, 11) is 1.53. The summed E-state index contributed by atoms with van der Waals surface area (Å²) in [5, 5.41) is 4.66. The van der Waals surface area contributed by atoms with E-state index >= 15 is 0 Å². The second-order valence-electron chi connectivity index (χ2n) is 3.58. The topological polar surface area (TPSA) is 65.7 Å². The maximum absolute atomic E-state index is 5.98. The van der Waals surface area contributed by atoms with Crippen LogP contribution >= 0.6 is 11.6 Å². The summed E-state index contributed by atoms with van der Waals surface area (Å²) in [4.78, 5) is 12.5. The molecule has 0 atom stereocenters. The van der Waals surface area contributed by atoms with E-state index in [1.807, 2.05) is 13.8 Å². The van der Waals surface area contributed by atoms with E-state index in [-0.39, 0.29) is 5.15 Å². The largest absolute Gasteiger partial charge is 0.490 e. The number of methoxy groups -OCH3 is 1. The third kappa shape index (κ3) is 2.15. The molecule has 0 saturated carbocycles. The highest BCUT2D eigenvalue weighted by Crippen LogP contribution is 2.27. The molecule has 0 aliphatic heterocycles. The van der Waals surface area contributed by atoms with Gasteiger partial charge in [-0.15, -0.1) is 5.10 Å². The van der Waals surface area contributed by atoms with E-state index in [0.717, 1.165) is 24.5 Å². The predicted octanol–water partition coefficient (Wildman–Crippen LogP) is 1.84. The Morgan fingerprint density at radius 1 is 1.28 bits per heavy atom. The van der Waals surface area contributed by atoms with Crippen LogP contribution in [0.25, 0.3) is 5.82 Å². The smallest absolute Gasteiger partial charge is 0.202 e. The first-order chi connectivity index (χ1) is 8.71. The number of aromatic nitrogens is 5. The van der Waals surface area contributed by atoms with Crippen molar-refractivity contribution in [3.05, 3.63) is 23.1 Å². The maximum atomic E-state index is 5.98. The molecule has 0 aliphatic rings. The minimum atomic E-state index is 0.262. The Kier molecular flexibility index (Phi) is 3.76. The average molecular weight is 268 g/mol. The highest BCUT2D eigenvalue weighted by atomic mass is 35.5. The minimum Gasteiger partial charge on any atom is -0.490 e. The third-order valence-corrected chi connectivity index (χ3v) is 2.77. The highest BCUT2D eigenvalue weighted by Gasteiger charge is 2.17. The van der Waals surface area contributed by atoms with Crippen LogP contribution < -0.4 is 4.74 Å². The number of aryl methyl sites for hydroxylation is 2. The van der Waals surface area contributed by atoms with Gasteiger partial charge in [0.1, 0.15) is 12.2 Å². The van der Waals surface area contributed by atoms with Gasteiger partial charge in [0.15, 0.2) is 11.0 Å². The molecular weight excluding hydrogens is 254 g/mol. The fraction of sp³-hybridized carbons (Fsp3) is 0.455. The molecule has 2 aromatic heterocycles. The highest BCUT2D eigenvalue weighted by molar-refractivity contribution is 6.31. The number of halogens is 1. The molecule has 0 N–H and O–H groups in total. The molecule has 2 heterocycles. The van der Waals surface area contributed by atoms with Crippen molar-refractivity contribution in [2.45, 2.75) is 26.7 Å². The lowest BCUT2D eigenvalue weighted by Gasteiger charge is -2.09. The molecular formula is C11H14ClN5O.